The largest absolute Gasteiger partial charge is 0.343 e. The molecule has 0 aliphatic heterocycles. The molecule has 1 N–H and O–H groups in total. The van der Waals surface area contributed by atoms with E-state index >= 15 is 0 Å². The van der Waals surface area contributed by atoms with Crippen molar-refractivity contribution in [1.29, 1.82) is 0 Å². The van der Waals surface area contributed by atoms with Crippen LogP contribution in [-0.4, -0.2) is 31.4 Å². The summed E-state index contributed by atoms with van der Waals surface area (Å²) in [6, 6.07) is 2.13. The molecule has 3 rings (SSSR count). The lowest BCUT2D eigenvalue weighted by Crippen LogP contribution is -2.17. The van der Waals surface area contributed by atoms with Crippen molar-refractivity contribution in [2.75, 3.05) is 6.54 Å². The average molecular weight is 272 g/mol. The Morgan fingerprint density at radius 3 is 3.05 bits per heavy atom. The third kappa shape index (κ3) is 2.53. The Morgan fingerprint density at radius 2 is 2.25 bits per heavy atom. The molecule has 7 nitrogen and oxygen atoms in total. The normalized spacial score (nSPS) is 11.3. The lowest BCUT2D eigenvalue weighted by Gasteiger charge is -2.03. The van der Waals surface area contributed by atoms with E-state index in [4.69, 9.17) is 0 Å². The van der Waals surface area contributed by atoms with Gasteiger partial charge in [0, 0.05) is 38.1 Å². The fraction of sp³-hybridized carbons (Fsp3) is 0.385. The summed E-state index contributed by atoms with van der Waals surface area (Å²) >= 11 is 0. The summed E-state index contributed by atoms with van der Waals surface area (Å²) in [5.41, 5.74) is 3.06. The van der Waals surface area contributed by atoms with Crippen LogP contribution >= 0.6 is 0 Å². The summed E-state index contributed by atoms with van der Waals surface area (Å²) in [5.74, 6) is 0.717. The summed E-state index contributed by atoms with van der Waals surface area (Å²) in [6.07, 6.45) is 3.97. The van der Waals surface area contributed by atoms with E-state index in [-0.39, 0.29) is 0 Å². The number of aromatic nitrogens is 5. The van der Waals surface area contributed by atoms with Gasteiger partial charge in [0.05, 0.1) is 5.69 Å². The van der Waals surface area contributed by atoms with Crippen LogP contribution in [0.25, 0.3) is 11.0 Å². The first kappa shape index (κ1) is 12.7. The van der Waals surface area contributed by atoms with Crippen molar-refractivity contribution in [3.8, 4) is 0 Å². The molecule has 104 valence electrons. The fourth-order valence-corrected chi connectivity index (χ4v) is 2.18. The Balaban J connectivity index is 1.61. The highest BCUT2D eigenvalue weighted by molar-refractivity contribution is 5.78. The summed E-state index contributed by atoms with van der Waals surface area (Å²) in [5, 5.41) is 12.6. The van der Waals surface area contributed by atoms with Gasteiger partial charge in [-0.25, -0.2) is 4.98 Å². The molecule has 3 aromatic rings. The van der Waals surface area contributed by atoms with Gasteiger partial charge in [-0.15, -0.1) is 0 Å². The van der Waals surface area contributed by atoms with Gasteiger partial charge in [0.1, 0.15) is 0 Å². The minimum Gasteiger partial charge on any atom is -0.343 e. The third-order valence-corrected chi connectivity index (χ3v) is 3.18. The van der Waals surface area contributed by atoms with Crippen LogP contribution in [0, 0.1) is 6.92 Å². The summed E-state index contributed by atoms with van der Waals surface area (Å²) < 4.78 is 6.49. The number of nitrogens with one attached hydrogen (secondary N) is 1. The van der Waals surface area contributed by atoms with E-state index in [1.54, 1.807) is 4.68 Å². The standard InChI is InChI=1S/C13H16N6O/c1-9-11-5-10(7-15-13(11)19(2)17-9)6-14-4-3-12-16-8-20-18-12/h5,7-8,14H,3-4,6H2,1-2H3. The number of pyridine rings is 1. The van der Waals surface area contributed by atoms with Gasteiger partial charge in [0.15, 0.2) is 11.5 Å². The highest BCUT2D eigenvalue weighted by Crippen LogP contribution is 2.16. The minimum absolute atomic E-state index is 0.717. The maximum atomic E-state index is 4.69. The number of fused-ring (bicyclic) bond motifs is 1. The van der Waals surface area contributed by atoms with Crippen molar-refractivity contribution in [1.82, 2.24) is 30.2 Å². The second-order valence-electron chi connectivity index (χ2n) is 4.70. The first-order valence-corrected chi connectivity index (χ1v) is 6.48. The van der Waals surface area contributed by atoms with Crippen LogP contribution in [0.4, 0.5) is 0 Å². The number of hydrogen-bond donors (Lipinski definition) is 1. The van der Waals surface area contributed by atoms with E-state index < -0.39 is 0 Å². The summed E-state index contributed by atoms with van der Waals surface area (Å²) in [4.78, 5) is 8.43. The second-order valence-corrected chi connectivity index (χ2v) is 4.70. The molecule has 3 aromatic heterocycles. The fourth-order valence-electron chi connectivity index (χ4n) is 2.18. The average Bonchev–Trinajstić information content (AvgIpc) is 3.05. The van der Waals surface area contributed by atoms with Gasteiger partial charge < -0.3 is 9.84 Å². The van der Waals surface area contributed by atoms with Crippen LogP contribution in [0.2, 0.25) is 0 Å². The third-order valence-electron chi connectivity index (χ3n) is 3.18. The smallest absolute Gasteiger partial charge is 0.213 e. The highest BCUT2D eigenvalue weighted by Gasteiger charge is 2.06. The second kappa shape index (κ2) is 5.38. The monoisotopic (exact) mass is 272 g/mol. The predicted octanol–water partition coefficient (Wildman–Crippen LogP) is 0.992. The van der Waals surface area contributed by atoms with Gasteiger partial charge in [-0.05, 0) is 18.6 Å². The molecular formula is C13H16N6O. The van der Waals surface area contributed by atoms with E-state index in [2.05, 4.69) is 36.1 Å². The molecule has 0 aliphatic rings. The van der Waals surface area contributed by atoms with Gasteiger partial charge in [-0.3, -0.25) is 4.68 Å². The first-order chi connectivity index (χ1) is 9.74. The topological polar surface area (TPSA) is 81.7 Å². The summed E-state index contributed by atoms with van der Waals surface area (Å²) in [6.45, 7) is 3.55. The molecule has 0 radical (unpaired) electrons. The molecular weight excluding hydrogens is 256 g/mol. The van der Waals surface area contributed by atoms with Crippen LogP contribution in [0.1, 0.15) is 17.1 Å². The Morgan fingerprint density at radius 1 is 1.35 bits per heavy atom. The zero-order chi connectivity index (χ0) is 13.9. The molecule has 20 heavy (non-hydrogen) atoms. The molecule has 0 fully saturated rings. The van der Waals surface area contributed by atoms with E-state index in [0.29, 0.717) is 5.82 Å². The quantitative estimate of drug-likeness (QED) is 0.698. The van der Waals surface area contributed by atoms with Crippen molar-refractivity contribution in [3.63, 3.8) is 0 Å². The minimum atomic E-state index is 0.717. The van der Waals surface area contributed by atoms with Crippen molar-refractivity contribution in [2.45, 2.75) is 19.9 Å². The molecule has 0 unspecified atom stereocenters. The zero-order valence-electron chi connectivity index (χ0n) is 11.5. The van der Waals surface area contributed by atoms with Crippen LogP contribution in [0.3, 0.4) is 0 Å². The molecule has 0 spiro atoms. The molecule has 0 saturated heterocycles. The first-order valence-electron chi connectivity index (χ1n) is 6.48. The number of hydrogen-bond acceptors (Lipinski definition) is 6. The Kier molecular flexibility index (Phi) is 3.42. The number of nitrogens with zero attached hydrogens (tertiary/aromatic N) is 5. The van der Waals surface area contributed by atoms with E-state index in [1.165, 1.54) is 6.39 Å². The number of aryl methyl sites for hydroxylation is 2. The van der Waals surface area contributed by atoms with Gasteiger partial charge >= 0.3 is 0 Å². The van der Waals surface area contributed by atoms with Crippen molar-refractivity contribution < 1.29 is 4.52 Å². The van der Waals surface area contributed by atoms with Crippen LogP contribution in [0.15, 0.2) is 23.2 Å². The van der Waals surface area contributed by atoms with Gasteiger partial charge in [-0.2, -0.15) is 10.1 Å². The maximum absolute atomic E-state index is 4.69. The van der Waals surface area contributed by atoms with Crippen molar-refractivity contribution in [2.24, 2.45) is 7.05 Å². The van der Waals surface area contributed by atoms with Gasteiger partial charge in [-0.1, -0.05) is 5.16 Å². The Hall–Kier alpha value is -2.28. The van der Waals surface area contributed by atoms with Gasteiger partial charge in [0.25, 0.3) is 0 Å². The van der Waals surface area contributed by atoms with Crippen molar-refractivity contribution in [3.05, 3.63) is 35.7 Å². The lowest BCUT2D eigenvalue weighted by molar-refractivity contribution is 0.409. The molecule has 0 atom stereocenters. The molecule has 0 saturated carbocycles. The Bertz CT molecular complexity index is 703. The van der Waals surface area contributed by atoms with Crippen molar-refractivity contribution >= 4 is 11.0 Å². The predicted molar refractivity (Wildman–Crippen MR) is 73.0 cm³/mol. The van der Waals surface area contributed by atoms with E-state index in [1.807, 2.05) is 20.2 Å². The summed E-state index contributed by atoms with van der Waals surface area (Å²) in [7, 11) is 1.91. The molecule has 3 heterocycles. The molecule has 0 aliphatic carbocycles. The molecule has 7 heteroatoms. The maximum Gasteiger partial charge on any atom is 0.213 e. The van der Waals surface area contributed by atoms with E-state index in [0.717, 1.165) is 41.8 Å². The van der Waals surface area contributed by atoms with E-state index in [9.17, 15) is 0 Å². The van der Waals surface area contributed by atoms with Crippen LogP contribution in [0.5, 0.6) is 0 Å². The zero-order valence-corrected chi connectivity index (χ0v) is 11.5. The number of rotatable bonds is 5. The Labute approximate surface area is 116 Å². The SMILES string of the molecule is Cc1nn(C)c2ncc(CNCCc3ncon3)cc12. The molecule has 0 bridgehead atoms. The lowest BCUT2D eigenvalue weighted by atomic mass is 10.2. The van der Waals surface area contributed by atoms with Gasteiger partial charge in [0.2, 0.25) is 6.39 Å². The van der Waals surface area contributed by atoms with Crippen LogP contribution in [-0.2, 0) is 20.0 Å². The highest BCUT2D eigenvalue weighted by atomic mass is 16.5. The van der Waals surface area contributed by atoms with Crippen LogP contribution < -0.4 is 5.32 Å². The molecule has 0 aromatic carbocycles. The molecule has 0 amide bonds.